The summed E-state index contributed by atoms with van der Waals surface area (Å²) in [6.45, 7) is 1.72. The maximum atomic E-state index is 13.5. The number of carbonyl (C=O) groups is 2. The summed E-state index contributed by atoms with van der Waals surface area (Å²) in [5.41, 5.74) is 9.47. The molecule has 11 rings (SSSR count). The number of benzene rings is 6. The highest BCUT2D eigenvalue weighted by Crippen LogP contribution is 2.57. The van der Waals surface area contributed by atoms with E-state index in [1.807, 2.05) is 109 Å². The van der Waals surface area contributed by atoms with E-state index in [-0.39, 0.29) is 12.2 Å². The molecular formula is C62H48N2O8S4. The zero-order chi connectivity index (χ0) is 52.5. The number of nitrogens with zero attached hydrogens (tertiary/aromatic N) is 2. The van der Waals surface area contributed by atoms with Crippen LogP contribution in [0.1, 0.15) is 18.1 Å². The van der Waals surface area contributed by atoms with E-state index in [0.29, 0.717) is 16.7 Å². The van der Waals surface area contributed by atoms with Crippen LogP contribution in [0.15, 0.2) is 188 Å². The second-order valence-corrected chi connectivity index (χ2v) is 21.6. The lowest BCUT2D eigenvalue weighted by molar-refractivity contribution is -0.143. The number of hydrogen-bond acceptors (Lipinski definition) is 13. The lowest BCUT2D eigenvalue weighted by atomic mass is 9.98. The number of anilines is 6. The molecule has 14 heteroatoms. The van der Waals surface area contributed by atoms with Gasteiger partial charge in [-0.05, 0) is 163 Å². The first-order valence-corrected chi connectivity index (χ1v) is 27.4. The van der Waals surface area contributed by atoms with Crippen molar-refractivity contribution in [1.82, 2.24) is 0 Å². The molecule has 0 saturated heterocycles. The van der Waals surface area contributed by atoms with Crippen LogP contribution < -0.4 is 28.7 Å². The van der Waals surface area contributed by atoms with Crippen LogP contribution in [0.4, 0.5) is 32.8 Å². The van der Waals surface area contributed by atoms with Gasteiger partial charge in [0, 0.05) is 59.0 Å². The summed E-state index contributed by atoms with van der Waals surface area (Å²) in [5, 5.41) is 12.7. The molecule has 1 aliphatic rings. The van der Waals surface area contributed by atoms with Gasteiger partial charge in [0.1, 0.15) is 33.0 Å². The summed E-state index contributed by atoms with van der Waals surface area (Å²) in [4.78, 5) is 37.0. The first-order chi connectivity index (χ1) is 37.1. The predicted molar refractivity (Wildman–Crippen MR) is 311 cm³/mol. The van der Waals surface area contributed by atoms with Crippen LogP contribution in [0.5, 0.6) is 23.0 Å². The minimum absolute atomic E-state index is 0.0462. The summed E-state index contributed by atoms with van der Waals surface area (Å²) >= 11 is 6.56. The smallest absolute Gasteiger partial charge is 0.346 e. The van der Waals surface area contributed by atoms with E-state index < -0.39 is 11.9 Å². The summed E-state index contributed by atoms with van der Waals surface area (Å²) in [6, 6.07) is 61.5. The molecule has 76 heavy (non-hydrogen) atoms. The number of carbonyl (C=O) groups excluding carboxylic acids is 1. The Bertz CT molecular complexity index is 3420. The number of aliphatic carboxylic acids is 1. The van der Waals surface area contributed by atoms with Crippen molar-refractivity contribution in [2.24, 2.45) is 0 Å². The fourth-order valence-electron chi connectivity index (χ4n) is 9.23. The Labute approximate surface area is 456 Å². The fourth-order valence-corrected chi connectivity index (χ4v) is 13.8. The van der Waals surface area contributed by atoms with Crippen molar-refractivity contribution in [3.63, 3.8) is 0 Å². The van der Waals surface area contributed by atoms with Crippen LogP contribution in [-0.2, 0) is 14.3 Å². The summed E-state index contributed by atoms with van der Waals surface area (Å²) in [5.74, 6) is 0.929. The molecule has 0 spiro atoms. The summed E-state index contributed by atoms with van der Waals surface area (Å²) in [6.07, 6.45) is 0. The molecule has 4 aromatic heterocycles. The molecular weight excluding hydrogens is 1030 g/mol. The molecule has 0 atom stereocenters. The number of carboxylic acid groups (broad SMARTS) is 1. The maximum Gasteiger partial charge on any atom is 0.346 e. The quantitative estimate of drug-likeness (QED) is 0.0410. The monoisotopic (exact) mass is 1080 g/mol. The Balaban J connectivity index is 0.891. The number of carboxylic acids is 1. The molecule has 0 aliphatic heterocycles. The molecule has 0 radical (unpaired) electrons. The van der Waals surface area contributed by atoms with Gasteiger partial charge in [0.2, 0.25) is 0 Å². The van der Waals surface area contributed by atoms with Crippen LogP contribution in [-0.4, -0.2) is 52.1 Å². The Hall–Kier alpha value is -8.40. The van der Waals surface area contributed by atoms with Crippen LogP contribution in [0, 0.1) is 0 Å². The highest BCUT2D eigenvalue weighted by atomic mass is 32.1. The Morgan fingerprint density at radius 1 is 0.421 bits per heavy atom. The number of ether oxygens (including phenoxy) is 5. The molecule has 10 aromatic rings. The Morgan fingerprint density at radius 3 is 1.03 bits per heavy atom. The van der Waals surface area contributed by atoms with Gasteiger partial charge < -0.3 is 38.6 Å². The van der Waals surface area contributed by atoms with E-state index in [4.69, 9.17) is 23.7 Å². The van der Waals surface area contributed by atoms with Gasteiger partial charge in [-0.2, -0.15) is 0 Å². The Morgan fingerprint density at radius 2 is 0.737 bits per heavy atom. The molecule has 1 aliphatic carbocycles. The van der Waals surface area contributed by atoms with Crippen molar-refractivity contribution in [2.75, 3.05) is 44.8 Å². The first kappa shape index (κ1) is 49.8. The molecule has 0 fully saturated rings. The second kappa shape index (κ2) is 21.4. The van der Waals surface area contributed by atoms with E-state index in [0.717, 1.165) is 107 Å². The highest BCUT2D eigenvalue weighted by molar-refractivity contribution is 7.26. The maximum absolute atomic E-state index is 13.5. The van der Waals surface area contributed by atoms with Crippen molar-refractivity contribution >= 4 is 95.6 Å². The molecule has 0 unspecified atom stereocenters. The Kier molecular flexibility index (Phi) is 14.1. The van der Waals surface area contributed by atoms with Gasteiger partial charge in [-0.1, -0.05) is 48.5 Å². The average Bonchev–Trinajstić information content (AvgIpc) is 4.51. The second-order valence-electron chi connectivity index (χ2n) is 17.4. The summed E-state index contributed by atoms with van der Waals surface area (Å²) < 4.78 is 27.2. The van der Waals surface area contributed by atoms with E-state index in [1.54, 1.807) is 80.7 Å². The van der Waals surface area contributed by atoms with Gasteiger partial charge in [-0.25, -0.2) is 9.59 Å². The average molecular weight is 1080 g/mol. The SMILES string of the molecule is CCOC(=O)C(C(=O)O)=C1c2cc(-c3ccc(-c4ccc(N(c5ccc(OC)cc5)c5ccc(OC)cc5)s4)cc3)sc2-c2sc(-c3ccc(-c4ccc(N(c5ccc(OC)cc5)c5ccc(OC)cc5)s4)cc3)cc21. The summed E-state index contributed by atoms with van der Waals surface area (Å²) in [7, 11) is 6.65. The van der Waals surface area contributed by atoms with Crippen molar-refractivity contribution < 1.29 is 38.4 Å². The lowest BCUT2D eigenvalue weighted by Gasteiger charge is -2.24. The lowest BCUT2D eigenvalue weighted by Crippen LogP contribution is -2.17. The van der Waals surface area contributed by atoms with Crippen LogP contribution >= 0.6 is 45.3 Å². The molecule has 10 nitrogen and oxygen atoms in total. The zero-order valence-corrected chi connectivity index (χ0v) is 45.1. The number of esters is 1. The number of rotatable bonds is 17. The fraction of sp³-hybridized carbons (Fsp3) is 0.0968. The topological polar surface area (TPSA) is 107 Å². The number of hydrogen-bond donors (Lipinski definition) is 1. The molecule has 378 valence electrons. The molecule has 1 N–H and O–H groups in total. The molecule has 0 bridgehead atoms. The molecule has 4 heterocycles. The highest BCUT2D eigenvalue weighted by Gasteiger charge is 2.37. The minimum atomic E-state index is -1.33. The molecule has 0 saturated carbocycles. The van der Waals surface area contributed by atoms with E-state index in [2.05, 4.69) is 82.6 Å². The normalized spacial score (nSPS) is 11.4. The number of methoxy groups -OCH3 is 4. The van der Waals surface area contributed by atoms with Crippen molar-refractivity contribution in [1.29, 1.82) is 0 Å². The molecule has 6 aromatic carbocycles. The van der Waals surface area contributed by atoms with E-state index in [1.165, 1.54) is 0 Å². The number of fused-ring (bicyclic) bond motifs is 3. The van der Waals surface area contributed by atoms with Gasteiger partial charge in [-0.15, -0.1) is 45.3 Å². The zero-order valence-electron chi connectivity index (χ0n) is 41.9. The van der Waals surface area contributed by atoms with Crippen LogP contribution in [0.3, 0.4) is 0 Å². The van der Waals surface area contributed by atoms with Crippen LogP contribution in [0.25, 0.3) is 57.1 Å². The van der Waals surface area contributed by atoms with Crippen molar-refractivity contribution in [3.05, 3.63) is 199 Å². The van der Waals surface area contributed by atoms with Gasteiger partial charge in [-0.3, -0.25) is 0 Å². The van der Waals surface area contributed by atoms with Crippen LogP contribution in [0.2, 0.25) is 0 Å². The minimum Gasteiger partial charge on any atom is -0.497 e. The van der Waals surface area contributed by atoms with Gasteiger partial charge in [0.15, 0.2) is 5.57 Å². The standard InChI is InChI=1S/C62H48N2O8S4/c1-6-72-62(67)58(61(65)66)57-49-35-53(39-11-7-37(8-12-39)51-31-33-55(73-51)63(41-15-23-45(68-2)24-16-41)42-17-25-46(69-3)26-18-42)75-59(49)60-50(57)36-54(76-60)40-13-9-38(10-14-40)52-32-34-56(74-52)64(43-19-27-47(70-4)28-20-43)44-21-29-48(71-5)30-22-44/h7-36H,6H2,1-5H3,(H,65,66). The number of thiophene rings is 4. The first-order valence-electron chi connectivity index (χ1n) is 24.2. The van der Waals surface area contributed by atoms with Gasteiger partial charge in [0.25, 0.3) is 0 Å². The van der Waals surface area contributed by atoms with Crippen molar-refractivity contribution in [2.45, 2.75) is 6.92 Å². The molecule has 0 amide bonds. The van der Waals surface area contributed by atoms with Crippen molar-refractivity contribution in [3.8, 4) is 74.5 Å². The predicted octanol–water partition coefficient (Wildman–Crippen LogP) is 17.0. The van der Waals surface area contributed by atoms with Gasteiger partial charge in [0.05, 0.1) is 44.8 Å². The van der Waals surface area contributed by atoms with E-state index >= 15 is 0 Å². The van der Waals surface area contributed by atoms with E-state index in [9.17, 15) is 14.7 Å². The third-order valence-corrected chi connectivity index (χ3v) is 17.8. The third-order valence-electron chi connectivity index (χ3n) is 13.0. The van der Waals surface area contributed by atoms with Gasteiger partial charge >= 0.3 is 11.9 Å². The third kappa shape index (κ3) is 9.63. The largest absolute Gasteiger partial charge is 0.497 e.